The van der Waals surface area contributed by atoms with Gasteiger partial charge in [-0.05, 0) is 54.4 Å². The normalized spacial score (nSPS) is 12.3. The number of carbonyl (C=O) groups is 3. The Balaban J connectivity index is 1.55. The predicted octanol–water partition coefficient (Wildman–Crippen LogP) is 1.97. The maximum Gasteiger partial charge on any atom is 0.262 e. The van der Waals surface area contributed by atoms with Crippen molar-refractivity contribution in [3.63, 3.8) is 0 Å². The Morgan fingerprint density at radius 3 is 2.52 bits per heavy atom. The number of benzene rings is 2. The second-order valence-electron chi connectivity index (χ2n) is 6.20. The van der Waals surface area contributed by atoms with Crippen molar-refractivity contribution in [3.05, 3.63) is 53.6 Å². The van der Waals surface area contributed by atoms with Gasteiger partial charge in [0.2, 0.25) is 5.91 Å². The third-order valence-corrected chi connectivity index (χ3v) is 4.35. The van der Waals surface area contributed by atoms with Crippen LogP contribution in [0.25, 0.3) is 0 Å². The van der Waals surface area contributed by atoms with Crippen LogP contribution in [-0.4, -0.2) is 37.9 Å². The van der Waals surface area contributed by atoms with Gasteiger partial charge in [-0.3, -0.25) is 14.4 Å². The number of ether oxygens (including phenoxy) is 1. The lowest BCUT2D eigenvalue weighted by atomic mass is 10.1. The van der Waals surface area contributed by atoms with Crippen LogP contribution in [0.5, 0.6) is 5.75 Å². The van der Waals surface area contributed by atoms with Gasteiger partial charge in [-0.15, -0.1) is 0 Å². The van der Waals surface area contributed by atoms with E-state index in [9.17, 15) is 14.4 Å². The minimum atomic E-state index is -0.285. The molecular weight excluding hydrogens is 346 g/mol. The Kier molecular flexibility index (Phi) is 5.40. The summed E-state index contributed by atoms with van der Waals surface area (Å²) in [5.41, 5.74) is 3.12. The number of rotatable bonds is 5. The van der Waals surface area contributed by atoms with Gasteiger partial charge in [0, 0.05) is 37.5 Å². The van der Waals surface area contributed by atoms with Gasteiger partial charge in [-0.2, -0.15) is 0 Å². The van der Waals surface area contributed by atoms with Gasteiger partial charge in [0.1, 0.15) is 5.75 Å². The number of amides is 3. The first-order chi connectivity index (χ1) is 13.0. The lowest BCUT2D eigenvalue weighted by Crippen LogP contribution is -2.25. The zero-order valence-corrected chi connectivity index (χ0v) is 15.2. The minimum Gasteiger partial charge on any atom is -0.484 e. The van der Waals surface area contributed by atoms with Gasteiger partial charge < -0.3 is 20.3 Å². The van der Waals surface area contributed by atoms with E-state index in [0.717, 1.165) is 17.7 Å². The Morgan fingerprint density at radius 1 is 1.11 bits per heavy atom. The van der Waals surface area contributed by atoms with E-state index < -0.39 is 0 Å². The number of nitrogens with one attached hydrogen (secondary N) is 2. The number of hydrogen-bond acceptors (Lipinski definition) is 4. The highest BCUT2D eigenvalue weighted by Gasteiger charge is 2.22. The molecule has 0 fully saturated rings. The Morgan fingerprint density at radius 2 is 1.85 bits per heavy atom. The molecule has 0 bridgehead atoms. The van der Waals surface area contributed by atoms with Gasteiger partial charge in [0.25, 0.3) is 11.8 Å². The quantitative estimate of drug-likeness (QED) is 0.846. The van der Waals surface area contributed by atoms with E-state index in [0.29, 0.717) is 23.5 Å². The summed E-state index contributed by atoms with van der Waals surface area (Å²) in [5, 5.41) is 5.33. The van der Waals surface area contributed by atoms with Crippen LogP contribution in [0.3, 0.4) is 0 Å². The summed E-state index contributed by atoms with van der Waals surface area (Å²) in [6.07, 6.45) is 0.771. The fraction of sp³-hybridized carbons (Fsp3) is 0.250. The molecule has 0 radical (unpaired) electrons. The molecular formula is C20H21N3O4. The van der Waals surface area contributed by atoms with Crippen molar-refractivity contribution in [1.29, 1.82) is 0 Å². The standard InChI is InChI=1S/C20H21N3O4/c1-13(24)23-10-9-15-11-16(5-8-18(15)23)22-19(25)12-27-17-6-3-14(4-7-17)20(26)21-2/h3-8,11H,9-10,12H2,1-2H3,(H,21,26)(H,22,25). The minimum absolute atomic E-state index is 0.0152. The van der Waals surface area contributed by atoms with Gasteiger partial charge >= 0.3 is 0 Å². The lowest BCUT2D eigenvalue weighted by Gasteiger charge is -2.15. The lowest BCUT2D eigenvalue weighted by molar-refractivity contribution is -0.118. The van der Waals surface area contributed by atoms with Gasteiger partial charge in [0.05, 0.1) is 0 Å². The first-order valence-corrected chi connectivity index (χ1v) is 8.64. The van der Waals surface area contributed by atoms with E-state index in [4.69, 9.17) is 4.74 Å². The smallest absolute Gasteiger partial charge is 0.262 e. The molecule has 140 valence electrons. The van der Waals surface area contributed by atoms with Crippen molar-refractivity contribution in [3.8, 4) is 5.75 Å². The number of carbonyl (C=O) groups excluding carboxylic acids is 3. The van der Waals surface area contributed by atoms with Crippen molar-refractivity contribution in [1.82, 2.24) is 5.32 Å². The summed E-state index contributed by atoms with van der Waals surface area (Å²) in [6.45, 7) is 2.07. The fourth-order valence-electron chi connectivity index (χ4n) is 3.00. The van der Waals surface area contributed by atoms with Crippen molar-refractivity contribution in [2.45, 2.75) is 13.3 Å². The highest BCUT2D eigenvalue weighted by Crippen LogP contribution is 2.30. The highest BCUT2D eigenvalue weighted by molar-refractivity contribution is 5.96. The second-order valence-corrected chi connectivity index (χ2v) is 6.20. The first-order valence-electron chi connectivity index (χ1n) is 8.64. The van der Waals surface area contributed by atoms with Crippen LogP contribution in [-0.2, 0) is 16.0 Å². The van der Waals surface area contributed by atoms with Crippen LogP contribution < -0.4 is 20.3 Å². The van der Waals surface area contributed by atoms with Crippen molar-refractivity contribution >= 4 is 29.1 Å². The monoisotopic (exact) mass is 367 g/mol. The summed E-state index contributed by atoms with van der Waals surface area (Å²) in [4.78, 5) is 36.9. The summed E-state index contributed by atoms with van der Waals surface area (Å²) in [5.74, 6) is 0.0521. The van der Waals surface area contributed by atoms with E-state index in [1.165, 1.54) is 0 Å². The molecule has 0 spiro atoms. The summed E-state index contributed by atoms with van der Waals surface area (Å²) < 4.78 is 5.45. The van der Waals surface area contributed by atoms with Crippen LogP contribution in [0.4, 0.5) is 11.4 Å². The molecule has 0 saturated heterocycles. The molecule has 7 heteroatoms. The van der Waals surface area contributed by atoms with E-state index in [-0.39, 0.29) is 24.3 Å². The van der Waals surface area contributed by atoms with E-state index in [1.807, 2.05) is 12.1 Å². The van der Waals surface area contributed by atoms with Crippen molar-refractivity contribution in [2.75, 3.05) is 30.4 Å². The van der Waals surface area contributed by atoms with Gasteiger partial charge in [-0.25, -0.2) is 0 Å². The van der Waals surface area contributed by atoms with Crippen molar-refractivity contribution < 1.29 is 19.1 Å². The molecule has 3 amide bonds. The molecule has 0 saturated carbocycles. The molecule has 0 aliphatic carbocycles. The molecule has 3 rings (SSSR count). The Bertz CT molecular complexity index is 877. The fourth-order valence-corrected chi connectivity index (χ4v) is 3.00. The van der Waals surface area contributed by atoms with E-state index in [2.05, 4.69) is 10.6 Å². The maximum atomic E-state index is 12.1. The zero-order chi connectivity index (χ0) is 19.4. The number of hydrogen-bond donors (Lipinski definition) is 2. The molecule has 1 aliphatic heterocycles. The topological polar surface area (TPSA) is 87.7 Å². The average Bonchev–Trinajstić information content (AvgIpc) is 3.09. The molecule has 0 atom stereocenters. The molecule has 1 heterocycles. The molecule has 2 N–H and O–H groups in total. The first kappa shape index (κ1) is 18.4. The molecule has 0 unspecified atom stereocenters. The maximum absolute atomic E-state index is 12.1. The molecule has 27 heavy (non-hydrogen) atoms. The summed E-state index contributed by atoms with van der Waals surface area (Å²) in [7, 11) is 1.56. The number of nitrogens with zero attached hydrogens (tertiary/aromatic N) is 1. The Hall–Kier alpha value is -3.35. The summed E-state index contributed by atoms with van der Waals surface area (Å²) in [6, 6.07) is 12.1. The van der Waals surface area contributed by atoms with Crippen molar-refractivity contribution in [2.24, 2.45) is 0 Å². The van der Waals surface area contributed by atoms with Gasteiger partial charge in [0.15, 0.2) is 6.61 Å². The van der Waals surface area contributed by atoms with E-state index in [1.54, 1.807) is 49.2 Å². The zero-order valence-electron chi connectivity index (χ0n) is 15.2. The molecule has 2 aromatic carbocycles. The molecule has 2 aromatic rings. The SMILES string of the molecule is CNC(=O)c1ccc(OCC(=O)Nc2ccc3c(c2)CCN3C(C)=O)cc1. The second kappa shape index (κ2) is 7.90. The van der Waals surface area contributed by atoms with E-state index >= 15 is 0 Å². The Labute approximate surface area is 157 Å². The third-order valence-electron chi connectivity index (χ3n) is 4.35. The average molecular weight is 367 g/mol. The molecule has 0 aromatic heterocycles. The summed E-state index contributed by atoms with van der Waals surface area (Å²) >= 11 is 0. The number of fused-ring (bicyclic) bond motifs is 1. The van der Waals surface area contributed by atoms with Crippen LogP contribution in [0.1, 0.15) is 22.8 Å². The largest absolute Gasteiger partial charge is 0.484 e. The van der Waals surface area contributed by atoms with Crippen LogP contribution in [0.2, 0.25) is 0 Å². The third kappa shape index (κ3) is 4.25. The predicted molar refractivity (Wildman–Crippen MR) is 102 cm³/mol. The molecule has 1 aliphatic rings. The van der Waals surface area contributed by atoms with Crippen LogP contribution >= 0.6 is 0 Å². The molecule has 7 nitrogen and oxygen atoms in total. The van der Waals surface area contributed by atoms with Crippen LogP contribution in [0.15, 0.2) is 42.5 Å². The highest BCUT2D eigenvalue weighted by atomic mass is 16.5. The number of anilines is 2. The van der Waals surface area contributed by atoms with Crippen LogP contribution in [0, 0.1) is 0 Å². The van der Waals surface area contributed by atoms with Gasteiger partial charge in [-0.1, -0.05) is 0 Å².